The molecule has 4 aromatic rings. The minimum atomic E-state index is -0.380. The SMILES string of the molecule is COc1ccc(-c2nc3cc(NC(=O)COc4cc(Cl)c(Cl)cc4Cl)ccc3o2)cc1Br. The summed E-state index contributed by atoms with van der Waals surface area (Å²) in [6.45, 7) is -0.264. The van der Waals surface area contributed by atoms with Crippen LogP contribution in [0, 0.1) is 0 Å². The number of methoxy groups -OCH3 is 1. The molecule has 32 heavy (non-hydrogen) atoms. The number of anilines is 1. The maximum atomic E-state index is 12.3. The van der Waals surface area contributed by atoms with Crippen molar-refractivity contribution in [3.63, 3.8) is 0 Å². The Hall–Kier alpha value is -2.45. The topological polar surface area (TPSA) is 73.6 Å². The number of rotatable bonds is 6. The van der Waals surface area contributed by atoms with E-state index in [1.165, 1.54) is 12.1 Å². The number of halogens is 4. The molecule has 6 nitrogen and oxygen atoms in total. The first kappa shape index (κ1) is 22.7. The molecular weight excluding hydrogens is 543 g/mol. The maximum Gasteiger partial charge on any atom is 0.262 e. The number of carbonyl (C=O) groups excluding carboxylic acids is 1. The molecule has 1 aromatic heterocycles. The molecule has 10 heteroatoms. The van der Waals surface area contributed by atoms with E-state index in [9.17, 15) is 4.79 Å². The second-order valence-corrected chi connectivity index (χ2v) is 8.66. The lowest BCUT2D eigenvalue weighted by Crippen LogP contribution is -2.20. The first-order valence-corrected chi connectivity index (χ1v) is 11.1. The van der Waals surface area contributed by atoms with Crippen LogP contribution in [-0.4, -0.2) is 24.6 Å². The average molecular weight is 557 g/mol. The Morgan fingerprint density at radius 3 is 2.56 bits per heavy atom. The summed E-state index contributed by atoms with van der Waals surface area (Å²) in [5.74, 6) is 1.04. The molecule has 164 valence electrons. The molecule has 0 spiro atoms. The molecule has 0 radical (unpaired) electrons. The Bertz CT molecular complexity index is 1330. The van der Waals surface area contributed by atoms with Gasteiger partial charge in [0, 0.05) is 17.3 Å². The van der Waals surface area contributed by atoms with Crippen molar-refractivity contribution < 1.29 is 18.7 Å². The van der Waals surface area contributed by atoms with E-state index in [0.29, 0.717) is 33.4 Å². The van der Waals surface area contributed by atoms with E-state index in [1.54, 1.807) is 25.3 Å². The third-order valence-corrected chi connectivity index (χ3v) is 6.04. The second kappa shape index (κ2) is 9.58. The largest absolute Gasteiger partial charge is 0.496 e. The van der Waals surface area contributed by atoms with Gasteiger partial charge in [-0.2, -0.15) is 0 Å². The first-order valence-electron chi connectivity index (χ1n) is 9.16. The Balaban J connectivity index is 1.46. The van der Waals surface area contributed by atoms with Gasteiger partial charge in [0.15, 0.2) is 12.2 Å². The number of fused-ring (bicyclic) bond motifs is 1. The number of hydrogen-bond acceptors (Lipinski definition) is 5. The van der Waals surface area contributed by atoms with Gasteiger partial charge in [-0.3, -0.25) is 4.79 Å². The Kier molecular flexibility index (Phi) is 6.81. The monoisotopic (exact) mass is 554 g/mol. The molecule has 3 aromatic carbocycles. The summed E-state index contributed by atoms with van der Waals surface area (Å²) in [7, 11) is 1.60. The highest BCUT2D eigenvalue weighted by Gasteiger charge is 2.13. The van der Waals surface area contributed by atoms with Gasteiger partial charge in [-0.15, -0.1) is 0 Å². The van der Waals surface area contributed by atoms with Gasteiger partial charge in [-0.1, -0.05) is 34.8 Å². The summed E-state index contributed by atoms with van der Waals surface area (Å²) >= 11 is 21.4. The van der Waals surface area contributed by atoms with Crippen LogP contribution in [0.5, 0.6) is 11.5 Å². The predicted molar refractivity (Wildman–Crippen MR) is 129 cm³/mol. The van der Waals surface area contributed by atoms with Crippen molar-refractivity contribution in [1.82, 2.24) is 4.98 Å². The van der Waals surface area contributed by atoms with Crippen LogP contribution < -0.4 is 14.8 Å². The second-order valence-electron chi connectivity index (χ2n) is 6.58. The van der Waals surface area contributed by atoms with E-state index in [4.69, 9.17) is 48.7 Å². The van der Waals surface area contributed by atoms with Gasteiger partial charge in [0.25, 0.3) is 5.91 Å². The number of nitrogens with zero attached hydrogens (tertiary/aromatic N) is 1. The highest BCUT2D eigenvalue weighted by Crippen LogP contribution is 2.34. The first-order chi connectivity index (χ1) is 15.3. The molecule has 0 fully saturated rings. The molecule has 1 heterocycles. The molecule has 1 amide bonds. The number of carbonyl (C=O) groups is 1. The van der Waals surface area contributed by atoms with Crippen LogP contribution in [0.4, 0.5) is 5.69 Å². The Morgan fingerprint density at radius 1 is 1.03 bits per heavy atom. The van der Waals surface area contributed by atoms with Crippen LogP contribution >= 0.6 is 50.7 Å². The van der Waals surface area contributed by atoms with Gasteiger partial charge < -0.3 is 19.2 Å². The molecule has 4 rings (SSSR count). The maximum absolute atomic E-state index is 12.3. The highest BCUT2D eigenvalue weighted by atomic mass is 79.9. The van der Waals surface area contributed by atoms with Crippen LogP contribution in [0.25, 0.3) is 22.6 Å². The number of nitrogens with one attached hydrogen (secondary N) is 1. The van der Waals surface area contributed by atoms with Crippen LogP contribution in [0.3, 0.4) is 0 Å². The number of ether oxygens (including phenoxy) is 2. The normalized spacial score (nSPS) is 10.9. The molecule has 0 saturated carbocycles. The molecule has 0 aliphatic carbocycles. The summed E-state index contributed by atoms with van der Waals surface area (Å²) in [5.41, 5.74) is 2.51. The summed E-state index contributed by atoms with van der Waals surface area (Å²) in [6.07, 6.45) is 0. The molecule has 0 unspecified atom stereocenters. The number of benzene rings is 3. The van der Waals surface area contributed by atoms with E-state index in [1.807, 2.05) is 18.2 Å². The zero-order chi connectivity index (χ0) is 22.8. The minimum Gasteiger partial charge on any atom is -0.496 e. The minimum absolute atomic E-state index is 0.258. The molecule has 0 saturated heterocycles. The quantitative estimate of drug-likeness (QED) is 0.253. The molecule has 0 aliphatic rings. The van der Waals surface area contributed by atoms with Crippen LogP contribution in [0.2, 0.25) is 15.1 Å². The number of amides is 1. The fourth-order valence-electron chi connectivity index (χ4n) is 2.88. The summed E-state index contributed by atoms with van der Waals surface area (Å²) in [4.78, 5) is 16.8. The summed E-state index contributed by atoms with van der Waals surface area (Å²) in [5, 5.41) is 3.59. The zero-order valence-electron chi connectivity index (χ0n) is 16.4. The fourth-order valence-corrected chi connectivity index (χ4v) is 4.02. The Labute approximate surface area is 206 Å². The number of oxazole rings is 1. The summed E-state index contributed by atoms with van der Waals surface area (Å²) in [6, 6.07) is 13.6. The molecule has 0 aliphatic heterocycles. The molecule has 0 bridgehead atoms. The number of hydrogen-bond donors (Lipinski definition) is 1. The predicted octanol–water partition coefficient (Wildman–Crippen LogP) is 7.24. The van der Waals surface area contributed by atoms with Crippen molar-refractivity contribution in [2.24, 2.45) is 0 Å². The smallest absolute Gasteiger partial charge is 0.262 e. The van der Waals surface area contributed by atoms with Gasteiger partial charge in [0.1, 0.15) is 17.0 Å². The van der Waals surface area contributed by atoms with Crippen LogP contribution in [0.1, 0.15) is 0 Å². The molecule has 0 atom stereocenters. The van der Waals surface area contributed by atoms with Crippen molar-refractivity contribution in [3.05, 3.63) is 68.1 Å². The van der Waals surface area contributed by atoms with E-state index < -0.39 is 0 Å². The van der Waals surface area contributed by atoms with Gasteiger partial charge in [0.05, 0.1) is 26.7 Å². The highest BCUT2D eigenvalue weighted by molar-refractivity contribution is 9.10. The van der Waals surface area contributed by atoms with Gasteiger partial charge in [0.2, 0.25) is 5.89 Å². The summed E-state index contributed by atoms with van der Waals surface area (Å²) < 4.78 is 17.3. The van der Waals surface area contributed by atoms with Gasteiger partial charge in [-0.05, 0) is 58.4 Å². The molecule has 1 N–H and O–H groups in total. The van der Waals surface area contributed by atoms with Crippen LogP contribution in [0.15, 0.2) is 57.4 Å². The van der Waals surface area contributed by atoms with E-state index in [2.05, 4.69) is 26.2 Å². The van der Waals surface area contributed by atoms with Crippen molar-refractivity contribution in [1.29, 1.82) is 0 Å². The fraction of sp³-hybridized carbons (Fsp3) is 0.0909. The zero-order valence-corrected chi connectivity index (χ0v) is 20.3. The lowest BCUT2D eigenvalue weighted by Gasteiger charge is -2.09. The lowest BCUT2D eigenvalue weighted by atomic mass is 10.2. The molecular formula is C22H14BrCl3N2O4. The lowest BCUT2D eigenvalue weighted by molar-refractivity contribution is -0.118. The third kappa shape index (κ3) is 4.96. The van der Waals surface area contributed by atoms with E-state index >= 15 is 0 Å². The van der Waals surface area contributed by atoms with Gasteiger partial charge in [-0.25, -0.2) is 4.98 Å². The van der Waals surface area contributed by atoms with E-state index in [-0.39, 0.29) is 28.3 Å². The van der Waals surface area contributed by atoms with E-state index in [0.717, 1.165) is 10.0 Å². The van der Waals surface area contributed by atoms with Crippen molar-refractivity contribution >= 4 is 73.4 Å². The Morgan fingerprint density at radius 2 is 1.81 bits per heavy atom. The van der Waals surface area contributed by atoms with Crippen molar-refractivity contribution in [3.8, 4) is 23.0 Å². The standard InChI is InChI=1S/C22H14BrCl3N2O4/c1-30-18-4-2-11(6-13(18)23)22-28-17-7-12(3-5-19(17)32-22)27-21(29)10-31-20-9-15(25)14(24)8-16(20)26/h2-9H,10H2,1H3,(H,27,29). The number of aromatic nitrogens is 1. The van der Waals surface area contributed by atoms with Crippen LogP contribution in [-0.2, 0) is 4.79 Å². The average Bonchev–Trinajstić information content (AvgIpc) is 3.18. The van der Waals surface area contributed by atoms with Crippen molar-refractivity contribution in [2.45, 2.75) is 0 Å². The third-order valence-electron chi connectivity index (χ3n) is 4.40. The van der Waals surface area contributed by atoms with Crippen molar-refractivity contribution in [2.75, 3.05) is 19.0 Å². The van der Waals surface area contributed by atoms with Gasteiger partial charge >= 0.3 is 0 Å².